The number of nitrogens with one attached hydrogen (secondary N) is 1. The number of hydrogen-bond donors (Lipinski definition) is 2. The molecule has 4 heteroatoms. The van der Waals surface area contributed by atoms with Gasteiger partial charge >= 0.3 is 5.97 Å². The van der Waals surface area contributed by atoms with Gasteiger partial charge in [0.15, 0.2) is 0 Å². The van der Waals surface area contributed by atoms with Crippen molar-refractivity contribution < 1.29 is 14.3 Å². The van der Waals surface area contributed by atoms with Gasteiger partial charge < -0.3 is 10.1 Å². The molecule has 21 heavy (non-hydrogen) atoms. The van der Waals surface area contributed by atoms with E-state index in [4.69, 9.17) is 5.11 Å². The molecule has 0 unspecified atom stereocenters. The molecule has 0 spiro atoms. The molecule has 0 fully saturated rings. The molecule has 0 aliphatic heterocycles. The van der Waals surface area contributed by atoms with E-state index in [1.807, 2.05) is 32.0 Å². The van der Waals surface area contributed by atoms with Gasteiger partial charge in [0, 0.05) is 10.9 Å². The average molecular weight is 285 g/mol. The number of carbonyl (C=O) groups is 1. The van der Waals surface area contributed by atoms with Gasteiger partial charge in [-0.05, 0) is 35.4 Å². The molecular weight excluding hydrogens is 269 g/mol. The van der Waals surface area contributed by atoms with Crippen LogP contribution in [0.1, 0.15) is 24.3 Å². The predicted molar refractivity (Wildman–Crippen MR) is 82.0 cm³/mol. The monoisotopic (exact) mass is 285 g/mol. The SMILES string of the molecule is CC.O=C(O)c1cc2ccc(-c3ccc(F)cc3)cc2[nH]1. The molecule has 0 bridgehead atoms. The van der Waals surface area contributed by atoms with Crippen molar-refractivity contribution in [2.75, 3.05) is 0 Å². The molecule has 2 N–H and O–H groups in total. The Morgan fingerprint density at radius 1 is 1.00 bits per heavy atom. The highest BCUT2D eigenvalue weighted by atomic mass is 19.1. The summed E-state index contributed by atoms with van der Waals surface area (Å²) in [5, 5.41) is 9.77. The second kappa shape index (κ2) is 6.22. The molecule has 3 aromatic rings. The predicted octanol–water partition coefficient (Wildman–Crippen LogP) is 4.70. The highest BCUT2D eigenvalue weighted by Gasteiger charge is 2.08. The third kappa shape index (κ3) is 3.11. The minimum Gasteiger partial charge on any atom is -0.477 e. The van der Waals surface area contributed by atoms with E-state index < -0.39 is 5.97 Å². The lowest BCUT2D eigenvalue weighted by Gasteiger charge is -2.01. The van der Waals surface area contributed by atoms with E-state index >= 15 is 0 Å². The highest BCUT2D eigenvalue weighted by Crippen LogP contribution is 2.25. The van der Waals surface area contributed by atoms with E-state index in [0.29, 0.717) is 0 Å². The largest absolute Gasteiger partial charge is 0.477 e. The van der Waals surface area contributed by atoms with Crippen LogP contribution in [0.2, 0.25) is 0 Å². The number of H-pyrrole nitrogens is 1. The van der Waals surface area contributed by atoms with Crippen LogP contribution in [0.25, 0.3) is 22.0 Å². The zero-order valence-electron chi connectivity index (χ0n) is 11.9. The molecule has 0 aliphatic carbocycles. The van der Waals surface area contributed by atoms with Gasteiger partial charge in [-0.3, -0.25) is 0 Å². The van der Waals surface area contributed by atoms with Gasteiger partial charge in [0.25, 0.3) is 0 Å². The maximum atomic E-state index is 12.9. The van der Waals surface area contributed by atoms with Gasteiger partial charge in [-0.25, -0.2) is 9.18 Å². The quantitative estimate of drug-likeness (QED) is 0.717. The van der Waals surface area contributed by atoms with Crippen LogP contribution >= 0.6 is 0 Å². The molecular formula is C17H16FNO2. The Morgan fingerprint density at radius 2 is 1.62 bits per heavy atom. The van der Waals surface area contributed by atoms with Crippen molar-refractivity contribution >= 4 is 16.9 Å². The van der Waals surface area contributed by atoms with Gasteiger partial charge in [-0.1, -0.05) is 38.1 Å². The average Bonchev–Trinajstić information content (AvgIpc) is 2.93. The number of carboxylic acid groups (broad SMARTS) is 1. The van der Waals surface area contributed by atoms with E-state index in [2.05, 4.69) is 4.98 Å². The number of aromatic amines is 1. The third-order valence-electron chi connectivity index (χ3n) is 3.03. The topological polar surface area (TPSA) is 53.1 Å². The first-order valence-corrected chi connectivity index (χ1v) is 6.75. The fraction of sp³-hybridized carbons (Fsp3) is 0.118. The molecule has 0 radical (unpaired) electrons. The Balaban J connectivity index is 0.000000774. The Morgan fingerprint density at radius 3 is 2.24 bits per heavy atom. The molecule has 0 saturated heterocycles. The molecule has 0 atom stereocenters. The van der Waals surface area contributed by atoms with Crippen LogP contribution in [0.4, 0.5) is 4.39 Å². The zero-order valence-corrected chi connectivity index (χ0v) is 11.9. The van der Waals surface area contributed by atoms with Crippen molar-refractivity contribution in [2.24, 2.45) is 0 Å². The van der Waals surface area contributed by atoms with Gasteiger partial charge in [0.1, 0.15) is 11.5 Å². The molecule has 0 aliphatic rings. The second-order valence-electron chi connectivity index (χ2n) is 4.30. The summed E-state index contributed by atoms with van der Waals surface area (Å²) in [4.78, 5) is 13.7. The van der Waals surface area contributed by atoms with Crippen LogP contribution in [0, 0.1) is 5.82 Å². The van der Waals surface area contributed by atoms with Gasteiger partial charge in [0.05, 0.1) is 0 Å². The van der Waals surface area contributed by atoms with Crippen LogP contribution in [-0.2, 0) is 0 Å². The Kier molecular flexibility index (Phi) is 4.38. The number of rotatable bonds is 2. The van der Waals surface area contributed by atoms with E-state index in [9.17, 15) is 9.18 Å². The lowest BCUT2D eigenvalue weighted by molar-refractivity contribution is 0.0691. The molecule has 1 heterocycles. The van der Waals surface area contributed by atoms with Crippen molar-refractivity contribution in [3.63, 3.8) is 0 Å². The number of fused-ring (bicyclic) bond motifs is 1. The maximum absolute atomic E-state index is 12.9. The van der Waals surface area contributed by atoms with E-state index in [1.54, 1.807) is 18.2 Å². The Bertz CT molecular complexity index is 760. The van der Waals surface area contributed by atoms with E-state index in [1.165, 1.54) is 12.1 Å². The van der Waals surface area contributed by atoms with E-state index in [-0.39, 0.29) is 11.5 Å². The fourth-order valence-electron chi connectivity index (χ4n) is 2.06. The van der Waals surface area contributed by atoms with Crippen molar-refractivity contribution in [3.05, 3.63) is 60.0 Å². The number of halogens is 1. The third-order valence-corrected chi connectivity index (χ3v) is 3.03. The summed E-state index contributed by atoms with van der Waals surface area (Å²) in [6.07, 6.45) is 0. The molecule has 0 amide bonds. The first-order chi connectivity index (χ1) is 10.1. The second-order valence-corrected chi connectivity index (χ2v) is 4.30. The number of aromatic carboxylic acids is 1. The van der Waals surface area contributed by atoms with Crippen molar-refractivity contribution in [1.29, 1.82) is 0 Å². The molecule has 108 valence electrons. The lowest BCUT2D eigenvalue weighted by atomic mass is 10.0. The number of hydrogen-bond acceptors (Lipinski definition) is 1. The van der Waals surface area contributed by atoms with Crippen molar-refractivity contribution in [3.8, 4) is 11.1 Å². The van der Waals surface area contributed by atoms with Crippen LogP contribution in [0.5, 0.6) is 0 Å². The Hall–Kier alpha value is -2.62. The smallest absolute Gasteiger partial charge is 0.352 e. The van der Waals surface area contributed by atoms with Crippen LogP contribution in [-0.4, -0.2) is 16.1 Å². The van der Waals surface area contributed by atoms with E-state index in [0.717, 1.165) is 22.0 Å². The first kappa shape index (κ1) is 14.8. The zero-order chi connectivity index (χ0) is 15.4. The van der Waals surface area contributed by atoms with Crippen molar-refractivity contribution in [2.45, 2.75) is 13.8 Å². The summed E-state index contributed by atoms with van der Waals surface area (Å²) in [5.74, 6) is -1.27. The van der Waals surface area contributed by atoms with Crippen molar-refractivity contribution in [1.82, 2.24) is 4.98 Å². The number of aromatic nitrogens is 1. The molecule has 0 saturated carbocycles. The fourth-order valence-corrected chi connectivity index (χ4v) is 2.06. The molecule has 3 nitrogen and oxygen atoms in total. The summed E-state index contributed by atoms with van der Waals surface area (Å²) in [7, 11) is 0. The van der Waals surface area contributed by atoms with Crippen LogP contribution in [0.3, 0.4) is 0 Å². The standard InChI is InChI=1S/C15H10FNO2.C2H6/c16-12-5-3-9(4-6-12)10-1-2-11-8-14(15(18)19)17-13(11)7-10;1-2/h1-8,17H,(H,18,19);1-2H3. The maximum Gasteiger partial charge on any atom is 0.352 e. The summed E-state index contributed by atoms with van der Waals surface area (Å²) in [6.45, 7) is 4.00. The summed E-state index contributed by atoms with van der Waals surface area (Å²) < 4.78 is 12.9. The first-order valence-electron chi connectivity index (χ1n) is 6.75. The normalized spacial score (nSPS) is 10.0. The van der Waals surface area contributed by atoms with Gasteiger partial charge in [0.2, 0.25) is 0 Å². The highest BCUT2D eigenvalue weighted by molar-refractivity contribution is 5.95. The summed E-state index contributed by atoms with van der Waals surface area (Å²) in [5.41, 5.74) is 2.70. The van der Waals surface area contributed by atoms with Gasteiger partial charge in [-0.2, -0.15) is 0 Å². The summed E-state index contributed by atoms with van der Waals surface area (Å²) in [6, 6.07) is 13.4. The molecule has 1 aromatic heterocycles. The minimum atomic E-state index is -0.987. The van der Waals surface area contributed by atoms with Gasteiger partial charge in [-0.15, -0.1) is 0 Å². The van der Waals surface area contributed by atoms with Crippen LogP contribution < -0.4 is 0 Å². The summed E-state index contributed by atoms with van der Waals surface area (Å²) >= 11 is 0. The molecule has 3 rings (SSSR count). The Labute approximate surface area is 122 Å². The lowest BCUT2D eigenvalue weighted by Crippen LogP contribution is -1.94. The number of carboxylic acids is 1. The minimum absolute atomic E-state index is 0.159. The number of benzene rings is 2. The van der Waals surface area contributed by atoms with Crippen LogP contribution in [0.15, 0.2) is 48.5 Å². The molecule has 2 aromatic carbocycles.